The summed E-state index contributed by atoms with van der Waals surface area (Å²) in [5.41, 5.74) is 5.40. The lowest BCUT2D eigenvalue weighted by Gasteiger charge is -2.06. The van der Waals surface area contributed by atoms with Crippen LogP contribution in [0.5, 0.6) is 11.5 Å². The molecule has 9 nitrogen and oxygen atoms in total. The fourth-order valence-corrected chi connectivity index (χ4v) is 2.93. The molecule has 0 unspecified atom stereocenters. The molecule has 4 rings (SSSR count). The maximum atomic E-state index is 5.56. The highest BCUT2D eigenvalue weighted by Crippen LogP contribution is 2.23. The number of anilines is 1. The highest BCUT2D eigenvalue weighted by Gasteiger charge is 2.11. The molecule has 0 saturated carbocycles. The van der Waals surface area contributed by atoms with E-state index in [0.29, 0.717) is 24.7 Å². The van der Waals surface area contributed by atoms with Crippen LogP contribution in [0.3, 0.4) is 0 Å². The molecule has 4 aromatic rings. The summed E-state index contributed by atoms with van der Waals surface area (Å²) in [7, 11) is 3.27. The van der Waals surface area contributed by atoms with Crippen LogP contribution in [0, 0.1) is 0 Å². The van der Waals surface area contributed by atoms with Crippen LogP contribution in [-0.4, -0.2) is 53.4 Å². The van der Waals surface area contributed by atoms with Gasteiger partial charge in [-0.1, -0.05) is 6.07 Å². The third-order valence-electron chi connectivity index (χ3n) is 4.48. The summed E-state index contributed by atoms with van der Waals surface area (Å²) in [5.74, 6) is 2.09. The lowest BCUT2D eigenvalue weighted by Crippen LogP contribution is -2.04. The third-order valence-corrected chi connectivity index (χ3v) is 4.48. The van der Waals surface area contributed by atoms with E-state index >= 15 is 0 Å². The van der Waals surface area contributed by atoms with E-state index in [9.17, 15) is 0 Å². The van der Waals surface area contributed by atoms with Crippen LogP contribution < -0.4 is 14.9 Å². The molecule has 0 fully saturated rings. The number of ether oxygens (including phenoxy) is 3. The van der Waals surface area contributed by atoms with Gasteiger partial charge in [-0.15, -0.1) is 0 Å². The van der Waals surface area contributed by atoms with Crippen molar-refractivity contribution in [1.82, 2.24) is 19.7 Å². The van der Waals surface area contributed by atoms with Gasteiger partial charge in [-0.2, -0.15) is 10.2 Å². The van der Waals surface area contributed by atoms with Crippen molar-refractivity contribution in [3.05, 3.63) is 66.6 Å². The molecule has 0 bridgehead atoms. The minimum atomic E-state index is 0.513. The Bertz CT molecular complexity index is 1170. The van der Waals surface area contributed by atoms with Crippen molar-refractivity contribution in [3.8, 4) is 17.2 Å². The standard InChI is InChI=1S/C22H22N6O3/c1-29-10-11-31-18-8-6-16(7-9-18)13-25-27-21-20-14-26-28(22(20)24-15-23-21)17-4-3-5-19(12-17)30-2/h3-9,12-15H,10-11H2,1-2H3,(H,23,24,27). The normalized spacial score (nSPS) is 11.2. The molecule has 9 heteroatoms. The van der Waals surface area contributed by atoms with Gasteiger partial charge in [0.15, 0.2) is 11.5 Å². The molecular formula is C22H22N6O3. The van der Waals surface area contributed by atoms with Crippen LogP contribution in [0.15, 0.2) is 66.2 Å². The van der Waals surface area contributed by atoms with Gasteiger partial charge in [-0.25, -0.2) is 14.6 Å². The van der Waals surface area contributed by atoms with Gasteiger partial charge >= 0.3 is 0 Å². The monoisotopic (exact) mass is 418 g/mol. The number of nitrogens with one attached hydrogen (secondary N) is 1. The fraction of sp³-hybridized carbons (Fsp3) is 0.182. The van der Waals surface area contributed by atoms with Crippen molar-refractivity contribution in [2.24, 2.45) is 5.10 Å². The minimum absolute atomic E-state index is 0.513. The lowest BCUT2D eigenvalue weighted by atomic mass is 10.2. The van der Waals surface area contributed by atoms with Gasteiger partial charge in [0.1, 0.15) is 24.4 Å². The summed E-state index contributed by atoms with van der Waals surface area (Å²) in [5, 5.41) is 9.50. The van der Waals surface area contributed by atoms with E-state index in [4.69, 9.17) is 14.2 Å². The van der Waals surface area contributed by atoms with Crippen molar-refractivity contribution >= 4 is 23.1 Å². The van der Waals surface area contributed by atoms with E-state index in [1.54, 1.807) is 31.3 Å². The number of aromatic nitrogens is 4. The second-order valence-electron chi connectivity index (χ2n) is 6.50. The molecule has 2 aromatic carbocycles. The largest absolute Gasteiger partial charge is 0.497 e. The zero-order valence-corrected chi connectivity index (χ0v) is 17.2. The smallest absolute Gasteiger partial charge is 0.168 e. The summed E-state index contributed by atoms with van der Waals surface area (Å²) in [6.45, 7) is 1.06. The number of methoxy groups -OCH3 is 2. The van der Waals surface area contributed by atoms with E-state index in [-0.39, 0.29) is 0 Å². The third kappa shape index (κ3) is 4.78. The summed E-state index contributed by atoms with van der Waals surface area (Å²) < 4.78 is 17.6. The predicted octanol–water partition coefficient (Wildman–Crippen LogP) is 3.30. The molecule has 0 radical (unpaired) electrons. The van der Waals surface area contributed by atoms with Gasteiger partial charge in [0.25, 0.3) is 0 Å². The fourth-order valence-electron chi connectivity index (χ4n) is 2.93. The highest BCUT2D eigenvalue weighted by molar-refractivity contribution is 5.88. The van der Waals surface area contributed by atoms with Gasteiger partial charge in [-0.05, 0) is 42.0 Å². The molecule has 0 aliphatic rings. The number of hydrazone groups is 1. The second kappa shape index (κ2) is 9.68. The van der Waals surface area contributed by atoms with Gasteiger partial charge in [0.2, 0.25) is 0 Å². The number of hydrogen-bond acceptors (Lipinski definition) is 8. The number of fused-ring (bicyclic) bond motifs is 1. The van der Waals surface area contributed by atoms with Crippen LogP contribution in [0.4, 0.5) is 5.82 Å². The first-order valence-corrected chi connectivity index (χ1v) is 9.62. The van der Waals surface area contributed by atoms with Gasteiger partial charge in [-0.3, -0.25) is 5.43 Å². The molecule has 2 heterocycles. The molecule has 0 aliphatic heterocycles. The minimum Gasteiger partial charge on any atom is -0.497 e. The molecule has 158 valence electrons. The van der Waals surface area contributed by atoms with Crippen LogP contribution in [0.25, 0.3) is 16.7 Å². The molecule has 0 atom stereocenters. The molecule has 0 saturated heterocycles. The Morgan fingerprint density at radius 2 is 1.90 bits per heavy atom. The van der Waals surface area contributed by atoms with E-state index < -0.39 is 0 Å². The topological polar surface area (TPSA) is 95.7 Å². The van der Waals surface area contributed by atoms with E-state index in [1.807, 2.05) is 48.5 Å². The summed E-state index contributed by atoms with van der Waals surface area (Å²) in [4.78, 5) is 8.66. The van der Waals surface area contributed by atoms with E-state index in [0.717, 1.165) is 28.1 Å². The highest BCUT2D eigenvalue weighted by atomic mass is 16.5. The Kier molecular flexibility index (Phi) is 6.34. The molecule has 2 aromatic heterocycles. The van der Waals surface area contributed by atoms with Crippen LogP contribution in [-0.2, 0) is 4.74 Å². The first-order valence-electron chi connectivity index (χ1n) is 9.62. The first-order chi connectivity index (χ1) is 15.3. The van der Waals surface area contributed by atoms with Crippen LogP contribution in [0.2, 0.25) is 0 Å². The zero-order valence-electron chi connectivity index (χ0n) is 17.2. The maximum absolute atomic E-state index is 5.56. The summed E-state index contributed by atoms with van der Waals surface area (Å²) in [6, 6.07) is 15.2. The number of benzene rings is 2. The number of rotatable bonds is 9. The molecule has 0 amide bonds. The first kappa shape index (κ1) is 20.3. The van der Waals surface area contributed by atoms with Gasteiger partial charge in [0.05, 0.1) is 37.2 Å². The van der Waals surface area contributed by atoms with Gasteiger partial charge < -0.3 is 14.2 Å². The quantitative estimate of drug-likeness (QED) is 0.253. The van der Waals surface area contributed by atoms with E-state index in [2.05, 4.69) is 25.6 Å². The lowest BCUT2D eigenvalue weighted by molar-refractivity contribution is 0.146. The molecule has 31 heavy (non-hydrogen) atoms. The Hall–Kier alpha value is -3.98. The van der Waals surface area contributed by atoms with Crippen molar-refractivity contribution in [3.63, 3.8) is 0 Å². The predicted molar refractivity (Wildman–Crippen MR) is 118 cm³/mol. The molecule has 0 aliphatic carbocycles. The maximum Gasteiger partial charge on any atom is 0.168 e. The van der Waals surface area contributed by atoms with Crippen LogP contribution in [0.1, 0.15) is 5.56 Å². The summed E-state index contributed by atoms with van der Waals surface area (Å²) >= 11 is 0. The second-order valence-corrected chi connectivity index (χ2v) is 6.50. The number of nitrogens with zero attached hydrogens (tertiary/aromatic N) is 5. The molecule has 1 N–H and O–H groups in total. The van der Waals surface area contributed by atoms with Crippen molar-refractivity contribution in [2.45, 2.75) is 0 Å². The van der Waals surface area contributed by atoms with Crippen molar-refractivity contribution < 1.29 is 14.2 Å². The van der Waals surface area contributed by atoms with Crippen molar-refractivity contribution in [2.75, 3.05) is 32.9 Å². The van der Waals surface area contributed by atoms with E-state index in [1.165, 1.54) is 6.33 Å². The average Bonchev–Trinajstić information content (AvgIpc) is 3.25. The number of hydrogen-bond donors (Lipinski definition) is 1. The SMILES string of the molecule is COCCOc1ccc(C=NNc2ncnc3c2cnn3-c2cccc(OC)c2)cc1. The van der Waals surface area contributed by atoms with Crippen LogP contribution >= 0.6 is 0 Å². The zero-order chi connectivity index (χ0) is 21.5. The Morgan fingerprint density at radius 3 is 2.71 bits per heavy atom. The Labute approximate surface area is 179 Å². The Balaban J connectivity index is 1.48. The summed E-state index contributed by atoms with van der Waals surface area (Å²) in [6.07, 6.45) is 4.89. The Morgan fingerprint density at radius 1 is 1.03 bits per heavy atom. The molecular weight excluding hydrogens is 396 g/mol. The average molecular weight is 418 g/mol. The van der Waals surface area contributed by atoms with Crippen molar-refractivity contribution in [1.29, 1.82) is 0 Å². The molecule has 0 spiro atoms. The van der Waals surface area contributed by atoms with Gasteiger partial charge in [0, 0.05) is 13.2 Å².